The molecule has 0 fully saturated rings. The predicted molar refractivity (Wildman–Crippen MR) is 94.9 cm³/mol. The third kappa shape index (κ3) is 4.77. The van der Waals surface area contributed by atoms with Gasteiger partial charge >= 0.3 is 5.97 Å². The average molecular weight is 401 g/mol. The van der Waals surface area contributed by atoms with Gasteiger partial charge in [-0.15, -0.1) is 0 Å². The zero-order valence-electron chi connectivity index (χ0n) is 13.3. The van der Waals surface area contributed by atoms with Crippen LogP contribution in [0, 0.1) is 11.6 Å². The number of hydrogen-bond acceptors (Lipinski definition) is 5. The zero-order valence-corrected chi connectivity index (χ0v) is 14.9. The van der Waals surface area contributed by atoms with Gasteiger partial charge in [0.15, 0.2) is 11.0 Å². The largest absolute Gasteiger partial charge is 0.506 e. The van der Waals surface area contributed by atoms with Gasteiger partial charge in [-0.05, 0) is 37.3 Å². The van der Waals surface area contributed by atoms with Gasteiger partial charge in [-0.2, -0.15) is 0 Å². The second kappa shape index (κ2) is 8.73. The summed E-state index contributed by atoms with van der Waals surface area (Å²) in [6.07, 6.45) is 1.00. The highest BCUT2D eigenvalue weighted by Gasteiger charge is 2.20. The Balaban J connectivity index is 2.52. The van der Waals surface area contributed by atoms with E-state index in [4.69, 9.17) is 27.9 Å². The lowest BCUT2D eigenvalue weighted by Gasteiger charge is -2.08. The van der Waals surface area contributed by atoms with Gasteiger partial charge in [0.05, 0.1) is 17.9 Å². The topological polar surface area (TPSA) is 71.8 Å². The minimum absolute atomic E-state index is 0.0287. The highest BCUT2D eigenvalue weighted by molar-refractivity contribution is 6.34. The molecule has 2 aromatic rings. The van der Waals surface area contributed by atoms with Gasteiger partial charge in [-0.1, -0.05) is 23.2 Å². The van der Waals surface area contributed by atoms with E-state index in [-0.39, 0.29) is 22.9 Å². The van der Waals surface area contributed by atoms with Crippen LogP contribution in [0.5, 0.6) is 0 Å². The number of halogens is 4. The van der Waals surface area contributed by atoms with E-state index < -0.39 is 28.5 Å². The summed E-state index contributed by atoms with van der Waals surface area (Å²) in [6.45, 7) is 1.60. The maximum atomic E-state index is 13.6. The van der Waals surface area contributed by atoms with E-state index in [1.807, 2.05) is 0 Å². The van der Waals surface area contributed by atoms with E-state index in [1.54, 1.807) is 6.92 Å². The molecule has 0 radical (unpaired) electrons. The number of aliphatic hydroxyl groups excluding tert-OH is 1. The second-order valence-electron chi connectivity index (χ2n) is 4.82. The van der Waals surface area contributed by atoms with Gasteiger partial charge in [-0.25, -0.2) is 18.6 Å². The molecule has 136 valence electrons. The van der Waals surface area contributed by atoms with Crippen LogP contribution >= 0.6 is 23.2 Å². The lowest BCUT2D eigenvalue weighted by Crippen LogP contribution is -2.11. The van der Waals surface area contributed by atoms with Crippen LogP contribution in [-0.2, 0) is 9.53 Å². The number of hydrogen-bond donors (Lipinski definition) is 1. The predicted octanol–water partition coefficient (Wildman–Crippen LogP) is 4.90. The van der Waals surface area contributed by atoms with Crippen LogP contribution in [0.15, 0.2) is 40.9 Å². The average Bonchev–Trinajstić information content (AvgIpc) is 2.60. The van der Waals surface area contributed by atoms with Gasteiger partial charge in [0.2, 0.25) is 0 Å². The number of aliphatic hydroxyl groups is 1. The third-order valence-corrected chi connectivity index (χ3v) is 3.61. The maximum absolute atomic E-state index is 13.6. The molecule has 0 amide bonds. The van der Waals surface area contributed by atoms with Crippen LogP contribution in [-0.4, -0.2) is 28.9 Å². The van der Waals surface area contributed by atoms with Gasteiger partial charge < -0.3 is 9.84 Å². The molecular formula is C17H12Cl2F2N2O3. The highest BCUT2D eigenvalue weighted by Crippen LogP contribution is 2.27. The number of benzene rings is 1. The van der Waals surface area contributed by atoms with Crippen molar-refractivity contribution >= 4 is 46.8 Å². The standard InChI is InChI=1S/C17H12Cl2F2N2O3/c1-2-26-17(25)12(8-22-10-5-3-9(20)4-6-10)14(24)11-7-13(21)16(19)23-15(11)18/h3-8,24H,2H2,1H3. The molecule has 0 bridgehead atoms. The van der Waals surface area contributed by atoms with Gasteiger partial charge in [0.25, 0.3) is 0 Å². The maximum Gasteiger partial charge on any atom is 0.343 e. The Labute approximate surface area is 157 Å². The molecule has 0 saturated heterocycles. The Bertz CT molecular complexity index is 884. The molecule has 9 heteroatoms. The molecule has 2 rings (SSSR count). The monoisotopic (exact) mass is 400 g/mol. The summed E-state index contributed by atoms with van der Waals surface area (Å²) >= 11 is 11.4. The first-order chi connectivity index (χ1) is 12.3. The third-order valence-electron chi connectivity index (χ3n) is 3.06. The minimum atomic E-state index is -0.934. The summed E-state index contributed by atoms with van der Waals surface area (Å²) in [4.78, 5) is 19.6. The van der Waals surface area contributed by atoms with Crippen LogP contribution in [0.2, 0.25) is 10.3 Å². The fourth-order valence-electron chi connectivity index (χ4n) is 1.84. The first-order valence-corrected chi connectivity index (χ1v) is 8.01. The van der Waals surface area contributed by atoms with Gasteiger partial charge in [0, 0.05) is 6.21 Å². The first kappa shape index (κ1) is 19.8. The van der Waals surface area contributed by atoms with Crippen molar-refractivity contribution in [3.05, 3.63) is 63.4 Å². The first-order valence-electron chi connectivity index (χ1n) is 7.25. The normalized spacial score (nSPS) is 12.2. The van der Waals surface area contributed by atoms with Crippen molar-refractivity contribution in [1.29, 1.82) is 0 Å². The summed E-state index contributed by atoms with van der Waals surface area (Å²) in [7, 11) is 0. The lowest BCUT2D eigenvalue weighted by atomic mass is 10.1. The van der Waals surface area contributed by atoms with E-state index in [0.29, 0.717) is 5.69 Å². The van der Waals surface area contributed by atoms with E-state index in [9.17, 15) is 18.7 Å². The van der Waals surface area contributed by atoms with Gasteiger partial charge in [0.1, 0.15) is 22.3 Å². The smallest absolute Gasteiger partial charge is 0.343 e. The lowest BCUT2D eigenvalue weighted by molar-refractivity contribution is -0.137. The van der Waals surface area contributed by atoms with Crippen molar-refractivity contribution in [1.82, 2.24) is 4.98 Å². The minimum Gasteiger partial charge on any atom is -0.506 e. The van der Waals surface area contributed by atoms with Crippen LogP contribution in [0.4, 0.5) is 14.5 Å². The fourth-order valence-corrected chi connectivity index (χ4v) is 2.25. The second-order valence-corrected chi connectivity index (χ2v) is 5.53. The Morgan fingerprint density at radius 2 is 1.92 bits per heavy atom. The molecule has 5 nitrogen and oxygen atoms in total. The molecule has 1 aromatic carbocycles. The molecule has 26 heavy (non-hydrogen) atoms. The molecule has 0 aliphatic heterocycles. The number of rotatable bonds is 5. The van der Waals surface area contributed by atoms with E-state index in [1.165, 1.54) is 24.3 Å². The Morgan fingerprint density at radius 3 is 2.54 bits per heavy atom. The number of esters is 1. The summed E-state index contributed by atoms with van der Waals surface area (Å²) in [5.41, 5.74) is -0.337. The van der Waals surface area contributed by atoms with E-state index in [2.05, 4.69) is 9.98 Å². The summed E-state index contributed by atoms with van der Waals surface area (Å²) < 4.78 is 31.4. The van der Waals surface area contributed by atoms with Crippen molar-refractivity contribution in [2.45, 2.75) is 6.92 Å². The number of carbonyl (C=O) groups is 1. The summed E-state index contributed by atoms with van der Waals surface area (Å²) in [6, 6.07) is 5.91. The summed E-state index contributed by atoms with van der Waals surface area (Å²) in [5, 5.41) is 9.59. The molecule has 0 saturated carbocycles. The molecule has 0 unspecified atom stereocenters. The molecule has 0 spiro atoms. The number of carbonyl (C=O) groups excluding carboxylic acids is 1. The fraction of sp³-hybridized carbons (Fsp3) is 0.118. The van der Waals surface area contributed by atoms with Gasteiger partial charge in [-0.3, -0.25) is 4.99 Å². The van der Waals surface area contributed by atoms with Crippen molar-refractivity contribution in [3.8, 4) is 0 Å². The molecule has 1 aromatic heterocycles. The Kier molecular flexibility index (Phi) is 6.65. The van der Waals surface area contributed by atoms with Crippen molar-refractivity contribution in [2.75, 3.05) is 6.61 Å². The number of aromatic nitrogens is 1. The number of aliphatic imine (C=N–C) groups is 1. The van der Waals surface area contributed by atoms with Crippen LogP contribution in [0.25, 0.3) is 5.76 Å². The summed E-state index contributed by atoms with van der Waals surface area (Å²) in [5.74, 6) is -3.00. The Morgan fingerprint density at radius 1 is 1.27 bits per heavy atom. The molecule has 1 heterocycles. The van der Waals surface area contributed by atoms with Crippen molar-refractivity contribution in [3.63, 3.8) is 0 Å². The number of nitrogens with zero attached hydrogens (tertiary/aromatic N) is 2. The molecule has 0 aliphatic carbocycles. The van der Waals surface area contributed by atoms with Crippen LogP contribution < -0.4 is 0 Å². The quantitative estimate of drug-likeness (QED) is 0.254. The molecule has 0 atom stereocenters. The molecule has 0 aliphatic rings. The molecular weight excluding hydrogens is 389 g/mol. The van der Waals surface area contributed by atoms with Crippen LogP contribution in [0.1, 0.15) is 12.5 Å². The SMILES string of the molecule is CCOC(=O)C(C=Nc1ccc(F)cc1)=C(O)c1cc(F)c(Cl)nc1Cl. The Hall–Kier alpha value is -2.51. The number of pyridine rings is 1. The van der Waals surface area contributed by atoms with E-state index in [0.717, 1.165) is 12.3 Å². The zero-order chi connectivity index (χ0) is 19.3. The van der Waals surface area contributed by atoms with Crippen LogP contribution in [0.3, 0.4) is 0 Å². The highest BCUT2D eigenvalue weighted by atomic mass is 35.5. The van der Waals surface area contributed by atoms with Crippen molar-refractivity contribution < 1.29 is 23.4 Å². The van der Waals surface area contributed by atoms with Crippen molar-refractivity contribution in [2.24, 2.45) is 4.99 Å². The van der Waals surface area contributed by atoms with E-state index >= 15 is 0 Å². The number of ether oxygens (including phenoxy) is 1. The molecule has 1 N–H and O–H groups in total.